The van der Waals surface area contributed by atoms with Gasteiger partial charge in [0.15, 0.2) is 0 Å². The number of ether oxygens (including phenoxy) is 1. The van der Waals surface area contributed by atoms with Gasteiger partial charge < -0.3 is 15.0 Å². The number of aromatic nitrogens is 2. The topological polar surface area (TPSA) is 50.3 Å². The molecule has 0 aliphatic carbocycles. The Morgan fingerprint density at radius 3 is 2.90 bits per heavy atom. The van der Waals surface area contributed by atoms with E-state index in [0.29, 0.717) is 0 Å². The van der Waals surface area contributed by atoms with Crippen molar-refractivity contribution in [2.24, 2.45) is 0 Å². The number of anilines is 2. The molecule has 1 aliphatic heterocycles. The molecule has 0 radical (unpaired) electrons. The largest absolute Gasteiger partial charge is 0.380 e. The highest BCUT2D eigenvalue weighted by molar-refractivity contribution is 5.49. The summed E-state index contributed by atoms with van der Waals surface area (Å²) in [6.45, 7) is 8.83. The Labute approximate surface area is 121 Å². The Hall–Kier alpha value is -1.36. The third-order valence-electron chi connectivity index (χ3n) is 3.33. The molecule has 20 heavy (non-hydrogen) atoms. The quantitative estimate of drug-likeness (QED) is 0.866. The van der Waals surface area contributed by atoms with Crippen LogP contribution in [0.25, 0.3) is 0 Å². The van der Waals surface area contributed by atoms with Gasteiger partial charge in [0.25, 0.3) is 0 Å². The van der Waals surface area contributed by atoms with E-state index in [1.165, 1.54) is 0 Å². The minimum Gasteiger partial charge on any atom is -0.380 e. The highest BCUT2D eigenvalue weighted by Gasteiger charge is 2.13. The molecule has 2 heterocycles. The molecule has 5 heteroatoms. The summed E-state index contributed by atoms with van der Waals surface area (Å²) in [5, 5.41) is 3.38. The maximum absolute atomic E-state index is 5.52. The van der Waals surface area contributed by atoms with Crippen LogP contribution >= 0.6 is 0 Å². The van der Waals surface area contributed by atoms with Crippen LogP contribution in [0.4, 0.5) is 11.6 Å². The highest BCUT2D eigenvalue weighted by atomic mass is 16.5. The Morgan fingerprint density at radius 2 is 2.10 bits per heavy atom. The maximum atomic E-state index is 5.52. The van der Waals surface area contributed by atoms with Gasteiger partial charge in [0.1, 0.15) is 17.5 Å². The summed E-state index contributed by atoms with van der Waals surface area (Å²) in [6, 6.07) is 2.07. The van der Waals surface area contributed by atoms with Gasteiger partial charge in [-0.3, -0.25) is 0 Å². The van der Waals surface area contributed by atoms with Crippen molar-refractivity contribution >= 4 is 11.6 Å². The lowest BCUT2D eigenvalue weighted by Crippen LogP contribution is -2.27. The molecular formula is C15H26N4O. The molecule has 0 spiro atoms. The van der Waals surface area contributed by atoms with E-state index in [-0.39, 0.29) is 0 Å². The number of hydrogen-bond acceptors (Lipinski definition) is 5. The van der Waals surface area contributed by atoms with Crippen LogP contribution in [0, 0.1) is 0 Å². The van der Waals surface area contributed by atoms with E-state index in [1.54, 1.807) is 0 Å². The van der Waals surface area contributed by atoms with Crippen LogP contribution in [-0.4, -0.2) is 42.8 Å². The molecule has 2 rings (SSSR count). The Morgan fingerprint density at radius 1 is 1.20 bits per heavy atom. The highest BCUT2D eigenvalue weighted by Crippen LogP contribution is 2.18. The molecular weight excluding hydrogens is 252 g/mol. The van der Waals surface area contributed by atoms with Crippen LogP contribution in [0.1, 0.15) is 38.9 Å². The summed E-state index contributed by atoms with van der Waals surface area (Å²) < 4.78 is 5.52. The average molecular weight is 278 g/mol. The predicted molar refractivity (Wildman–Crippen MR) is 82.5 cm³/mol. The number of nitrogens with one attached hydrogen (secondary N) is 1. The second-order valence-corrected chi connectivity index (χ2v) is 5.16. The molecule has 112 valence electrons. The molecule has 0 amide bonds. The smallest absolute Gasteiger partial charge is 0.134 e. The Kier molecular flexibility index (Phi) is 6.05. The summed E-state index contributed by atoms with van der Waals surface area (Å²) in [5.41, 5.74) is 0. The summed E-state index contributed by atoms with van der Waals surface area (Å²) in [4.78, 5) is 11.6. The van der Waals surface area contributed by atoms with Gasteiger partial charge in [0.2, 0.25) is 0 Å². The van der Waals surface area contributed by atoms with Crippen LogP contribution < -0.4 is 10.2 Å². The van der Waals surface area contributed by atoms with E-state index in [9.17, 15) is 0 Å². The van der Waals surface area contributed by atoms with Gasteiger partial charge in [-0.15, -0.1) is 0 Å². The van der Waals surface area contributed by atoms with Crippen LogP contribution in [0.15, 0.2) is 6.07 Å². The van der Waals surface area contributed by atoms with Gasteiger partial charge in [-0.1, -0.05) is 13.8 Å². The zero-order valence-corrected chi connectivity index (χ0v) is 12.7. The van der Waals surface area contributed by atoms with E-state index in [1.807, 2.05) is 0 Å². The van der Waals surface area contributed by atoms with Crippen molar-refractivity contribution in [3.8, 4) is 0 Å². The van der Waals surface area contributed by atoms with E-state index >= 15 is 0 Å². The zero-order valence-electron chi connectivity index (χ0n) is 12.7. The van der Waals surface area contributed by atoms with Crippen molar-refractivity contribution in [1.29, 1.82) is 0 Å². The van der Waals surface area contributed by atoms with Crippen molar-refractivity contribution < 1.29 is 4.74 Å². The Balaban J connectivity index is 2.17. The minimum atomic E-state index is 0.783. The molecule has 0 atom stereocenters. The molecule has 1 fully saturated rings. The molecule has 0 aromatic carbocycles. The van der Waals surface area contributed by atoms with E-state index < -0.39 is 0 Å². The predicted octanol–water partition coefficient (Wildman–Crippen LogP) is 2.48. The fraction of sp³-hybridized carbons (Fsp3) is 0.733. The lowest BCUT2D eigenvalue weighted by molar-refractivity contribution is 0.152. The van der Waals surface area contributed by atoms with E-state index in [2.05, 4.69) is 35.1 Å². The molecule has 1 saturated heterocycles. The number of hydrogen-bond donors (Lipinski definition) is 1. The monoisotopic (exact) mass is 278 g/mol. The molecule has 1 N–H and O–H groups in total. The first kappa shape index (κ1) is 15.0. The summed E-state index contributed by atoms with van der Waals surface area (Å²) >= 11 is 0. The Bertz CT molecular complexity index is 403. The second kappa shape index (κ2) is 8.04. The van der Waals surface area contributed by atoms with Crippen molar-refractivity contribution in [2.75, 3.05) is 43.1 Å². The first-order valence-electron chi connectivity index (χ1n) is 7.78. The van der Waals surface area contributed by atoms with Crippen molar-refractivity contribution in [3.63, 3.8) is 0 Å². The molecule has 1 aromatic rings. The standard InChI is InChI=1S/C15H26N4O/c1-3-6-13-17-14(16-7-4-2)12-15(18-13)19-8-5-10-20-11-9-19/h12H,3-11H2,1-2H3,(H,16,17,18). The van der Waals surface area contributed by atoms with Crippen molar-refractivity contribution in [1.82, 2.24) is 9.97 Å². The fourth-order valence-electron chi connectivity index (χ4n) is 2.30. The first-order chi connectivity index (χ1) is 9.83. The summed E-state index contributed by atoms with van der Waals surface area (Å²) in [5.74, 6) is 2.92. The molecule has 1 aromatic heterocycles. The van der Waals surface area contributed by atoms with E-state index in [4.69, 9.17) is 9.72 Å². The molecule has 0 unspecified atom stereocenters. The second-order valence-electron chi connectivity index (χ2n) is 5.16. The lowest BCUT2D eigenvalue weighted by atomic mass is 10.3. The lowest BCUT2D eigenvalue weighted by Gasteiger charge is -2.22. The average Bonchev–Trinajstić information content (AvgIpc) is 2.74. The third-order valence-corrected chi connectivity index (χ3v) is 3.33. The van der Waals surface area contributed by atoms with Gasteiger partial charge in [-0.2, -0.15) is 0 Å². The molecule has 1 aliphatic rings. The first-order valence-corrected chi connectivity index (χ1v) is 7.78. The van der Waals surface area contributed by atoms with Gasteiger partial charge in [0.05, 0.1) is 6.61 Å². The van der Waals surface area contributed by atoms with Crippen LogP contribution in [-0.2, 0) is 11.2 Å². The minimum absolute atomic E-state index is 0.783. The summed E-state index contributed by atoms with van der Waals surface area (Å²) in [7, 11) is 0. The SMILES string of the molecule is CCCNc1cc(N2CCCOCC2)nc(CCC)n1. The number of rotatable bonds is 6. The molecule has 0 bridgehead atoms. The molecule has 0 saturated carbocycles. The van der Waals surface area contributed by atoms with Crippen LogP contribution in [0.2, 0.25) is 0 Å². The van der Waals surface area contributed by atoms with Gasteiger partial charge in [-0.25, -0.2) is 9.97 Å². The molecule has 5 nitrogen and oxygen atoms in total. The van der Waals surface area contributed by atoms with Crippen LogP contribution in [0.5, 0.6) is 0 Å². The summed E-state index contributed by atoms with van der Waals surface area (Å²) in [6.07, 6.45) is 4.16. The van der Waals surface area contributed by atoms with Gasteiger partial charge in [-0.05, 0) is 19.3 Å². The normalized spacial score (nSPS) is 16.0. The number of nitrogens with zero attached hydrogens (tertiary/aromatic N) is 3. The van der Waals surface area contributed by atoms with Gasteiger partial charge >= 0.3 is 0 Å². The number of aryl methyl sites for hydroxylation is 1. The van der Waals surface area contributed by atoms with Crippen LogP contribution in [0.3, 0.4) is 0 Å². The van der Waals surface area contributed by atoms with Gasteiger partial charge in [0, 0.05) is 38.7 Å². The van der Waals surface area contributed by atoms with Crippen molar-refractivity contribution in [2.45, 2.75) is 39.5 Å². The zero-order chi connectivity index (χ0) is 14.2. The van der Waals surface area contributed by atoms with E-state index in [0.717, 1.165) is 76.0 Å². The fourth-order valence-corrected chi connectivity index (χ4v) is 2.30. The maximum Gasteiger partial charge on any atom is 0.134 e. The van der Waals surface area contributed by atoms with Crippen molar-refractivity contribution in [3.05, 3.63) is 11.9 Å². The third kappa shape index (κ3) is 4.34.